The zero-order valence-corrected chi connectivity index (χ0v) is 11.5. The number of benzene rings is 2. The predicted octanol–water partition coefficient (Wildman–Crippen LogP) is 3.26. The molecule has 0 aliphatic carbocycles. The Morgan fingerprint density at radius 1 is 0.714 bits per heavy atom. The van der Waals surface area contributed by atoms with E-state index >= 15 is 0 Å². The van der Waals surface area contributed by atoms with Crippen LogP contribution in [0.2, 0.25) is 0 Å². The van der Waals surface area contributed by atoms with Gasteiger partial charge in [0.25, 0.3) is 0 Å². The summed E-state index contributed by atoms with van der Waals surface area (Å²) in [7, 11) is 0. The molecule has 4 nitrogen and oxygen atoms in total. The van der Waals surface area contributed by atoms with Gasteiger partial charge in [0.2, 0.25) is 0 Å². The Bertz CT molecular complexity index is 604. The van der Waals surface area contributed by atoms with Crippen LogP contribution < -0.4 is 0 Å². The normalized spacial score (nSPS) is 10.3. The fourth-order valence-corrected chi connectivity index (χ4v) is 2.36. The van der Waals surface area contributed by atoms with Crippen molar-refractivity contribution in [1.82, 2.24) is 0 Å². The molecule has 0 radical (unpaired) electrons. The van der Waals surface area contributed by atoms with E-state index in [0.717, 1.165) is 11.1 Å². The predicted molar refractivity (Wildman–Crippen MR) is 78.8 cm³/mol. The van der Waals surface area contributed by atoms with Crippen molar-refractivity contribution in [2.24, 2.45) is 0 Å². The second kappa shape index (κ2) is 6.70. The number of hydrogen-bond acceptors (Lipinski definition) is 2. The van der Waals surface area contributed by atoms with Gasteiger partial charge in [-0.05, 0) is 42.5 Å². The van der Waals surface area contributed by atoms with Gasteiger partial charge in [-0.2, -0.15) is 0 Å². The van der Waals surface area contributed by atoms with Crippen molar-refractivity contribution < 1.29 is 19.8 Å². The maximum absolute atomic E-state index is 11.1. The molecule has 0 saturated heterocycles. The Kier molecular flexibility index (Phi) is 4.72. The van der Waals surface area contributed by atoms with Crippen LogP contribution in [0.3, 0.4) is 0 Å². The van der Waals surface area contributed by atoms with Crippen LogP contribution in [-0.4, -0.2) is 22.2 Å². The van der Waals surface area contributed by atoms with Crippen LogP contribution in [0.15, 0.2) is 48.5 Å². The maximum Gasteiger partial charge on any atom is 0.335 e. The van der Waals surface area contributed by atoms with Gasteiger partial charge >= 0.3 is 11.9 Å². The summed E-state index contributed by atoms with van der Waals surface area (Å²) in [5.41, 5.74) is 2.17. The molecule has 108 valence electrons. The van der Waals surface area contributed by atoms with Crippen LogP contribution in [0.1, 0.15) is 38.3 Å². The fourth-order valence-electron chi connectivity index (χ4n) is 2.36. The van der Waals surface area contributed by atoms with Gasteiger partial charge in [0.05, 0.1) is 11.1 Å². The lowest BCUT2D eigenvalue weighted by Crippen LogP contribution is -2.05. The first-order valence-corrected chi connectivity index (χ1v) is 6.72. The Hall–Kier alpha value is -2.62. The molecule has 0 aromatic heterocycles. The molecular weight excluding hydrogens is 268 g/mol. The quantitative estimate of drug-likeness (QED) is 0.853. The first-order valence-electron chi connectivity index (χ1n) is 6.72. The summed E-state index contributed by atoms with van der Waals surface area (Å²) >= 11 is 0. The van der Waals surface area contributed by atoms with E-state index < -0.39 is 11.9 Å². The van der Waals surface area contributed by atoms with Crippen LogP contribution in [0.25, 0.3) is 0 Å². The lowest BCUT2D eigenvalue weighted by Gasteiger charge is -2.08. The van der Waals surface area contributed by atoms with Crippen molar-refractivity contribution >= 4 is 11.9 Å². The minimum absolute atomic E-state index is 0.309. The molecule has 0 bridgehead atoms. The van der Waals surface area contributed by atoms with E-state index in [0.29, 0.717) is 30.4 Å². The van der Waals surface area contributed by atoms with Gasteiger partial charge in [-0.3, -0.25) is 0 Å². The van der Waals surface area contributed by atoms with E-state index in [4.69, 9.17) is 10.2 Å². The molecule has 0 atom stereocenters. The summed E-state index contributed by atoms with van der Waals surface area (Å²) in [6.07, 6.45) is 1.92. The SMILES string of the molecule is O=C(O)c1ccccc1CCCc1ccccc1C(=O)O. The smallest absolute Gasteiger partial charge is 0.335 e. The van der Waals surface area contributed by atoms with E-state index in [1.54, 1.807) is 36.4 Å². The Morgan fingerprint density at radius 2 is 1.10 bits per heavy atom. The monoisotopic (exact) mass is 284 g/mol. The molecule has 0 spiro atoms. The summed E-state index contributed by atoms with van der Waals surface area (Å²) in [6.45, 7) is 0. The highest BCUT2D eigenvalue weighted by molar-refractivity contribution is 5.89. The number of hydrogen-bond donors (Lipinski definition) is 2. The number of aromatic carboxylic acids is 2. The molecule has 21 heavy (non-hydrogen) atoms. The number of rotatable bonds is 6. The average Bonchev–Trinajstić information content (AvgIpc) is 2.48. The van der Waals surface area contributed by atoms with Crippen molar-refractivity contribution in [2.45, 2.75) is 19.3 Å². The summed E-state index contributed by atoms with van der Waals surface area (Å²) in [4.78, 5) is 22.2. The summed E-state index contributed by atoms with van der Waals surface area (Å²) in [5.74, 6) is -1.87. The minimum atomic E-state index is -0.934. The first-order chi connectivity index (χ1) is 10.1. The van der Waals surface area contributed by atoms with Crippen LogP contribution in [0.4, 0.5) is 0 Å². The lowest BCUT2D eigenvalue weighted by molar-refractivity contribution is 0.0685. The summed E-state index contributed by atoms with van der Waals surface area (Å²) in [6, 6.07) is 13.8. The van der Waals surface area contributed by atoms with Gasteiger partial charge in [0.15, 0.2) is 0 Å². The first kappa shape index (κ1) is 14.8. The molecule has 4 heteroatoms. The summed E-state index contributed by atoms with van der Waals surface area (Å²) < 4.78 is 0. The molecule has 0 saturated carbocycles. The second-order valence-corrected chi connectivity index (χ2v) is 4.78. The zero-order chi connectivity index (χ0) is 15.2. The molecule has 0 heterocycles. The van der Waals surface area contributed by atoms with Crippen molar-refractivity contribution in [2.75, 3.05) is 0 Å². The third-order valence-corrected chi connectivity index (χ3v) is 3.39. The van der Waals surface area contributed by atoms with E-state index in [9.17, 15) is 9.59 Å². The average molecular weight is 284 g/mol. The molecule has 2 N–H and O–H groups in total. The highest BCUT2D eigenvalue weighted by atomic mass is 16.4. The lowest BCUT2D eigenvalue weighted by atomic mass is 9.97. The maximum atomic E-state index is 11.1. The number of carboxylic acids is 2. The van der Waals surface area contributed by atoms with E-state index in [1.165, 1.54) is 0 Å². The van der Waals surface area contributed by atoms with E-state index in [1.807, 2.05) is 12.1 Å². The van der Waals surface area contributed by atoms with Crippen molar-refractivity contribution in [1.29, 1.82) is 0 Å². The van der Waals surface area contributed by atoms with E-state index in [-0.39, 0.29) is 0 Å². The van der Waals surface area contributed by atoms with E-state index in [2.05, 4.69) is 0 Å². The molecule has 0 unspecified atom stereocenters. The van der Waals surface area contributed by atoms with Gasteiger partial charge in [0.1, 0.15) is 0 Å². The number of carboxylic acid groups (broad SMARTS) is 2. The Balaban J connectivity index is 2.06. The van der Waals surface area contributed by atoms with Gasteiger partial charge in [-0.15, -0.1) is 0 Å². The van der Waals surface area contributed by atoms with Crippen LogP contribution in [-0.2, 0) is 12.8 Å². The second-order valence-electron chi connectivity index (χ2n) is 4.78. The van der Waals surface area contributed by atoms with Gasteiger partial charge in [0, 0.05) is 0 Å². The third-order valence-electron chi connectivity index (χ3n) is 3.39. The Morgan fingerprint density at radius 3 is 1.48 bits per heavy atom. The minimum Gasteiger partial charge on any atom is -0.478 e. The third kappa shape index (κ3) is 3.69. The standard InChI is InChI=1S/C17H16O4/c18-16(19)14-10-3-1-6-12(14)8-5-9-13-7-2-4-11-15(13)17(20)21/h1-4,6-7,10-11H,5,8-9H2,(H,18,19)(H,20,21). The molecule has 2 aromatic rings. The van der Waals surface area contributed by atoms with Gasteiger partial charge in [-0.1, -0.05) is 36.4 Å². The van der Waals surface area contributed by atoms with Gasteiger partial charge < -0.3 is 10.2 Å². The molecule has 0 fully saturated rings. The highest BCUT2D eigenvalue weighted by Crippen LogP contribution is 2.15. The van der Waals surface area contributed by atoms with Crippen LogP contribution in [0, 0.1) is 0 Å². The molecule has 0 amide bonds. The van der Waals surface area contributed by atoms with Crippen LogP contribution >= 0.6 is 0 Å². The highest BCUT2D eigenvalue weighted by Gasteiger charge is 2.11. The van der Waals surface area contributed by atoms with Crippen molar-refractivity contribution in [3.8, 4) is 0 Å². The molecule has 0 aliphatic heterocycles. The fraction of sp³-hybridized carbons (Fsp3) is 0.176. The topological polar surface area (TPSA) is 74.6 Å². The van der Waals surface area contributed by atoms with Gasteiger partial charge in [-0.25, -0.2) is 9.59 Å². The number of aryl methyl sites for hydroxylation is 2. The Labute approximate surface area is 122 Å². The largest absolute Gasteiger partial charge is 0.478 e. The summed E-state index contributed by atoms with van der Waals surface area (Å²) in [5, 5.41) is 18.2. The molecule has 2 rings (SSSR count). The molecular formula is C17H16O4. The molecule has 2 aromatic carbocycles. The number of carbonyl (C=O) groups is 2. The van der Waals surface area contributed by atoms with Crippen molar-refractivity contribution in [3.05, 3.63) is 70.8 Å². The van der Waals surface area contributed by atoms with Crippen molar-refractivity contribution in [3.63, 3.8) is 0 Å². The van der Waals surface area contributed by atoms with Crippen LogP contribution in [0.5, 0.6) is 0 Å². The molecule has 0 aliphatic rings. The zero-order valence-electron chi connectivity index (χ0n) is 11.5.